The molecule has 3 nitrogen and oxygen atoms in total. The van der Waals surface area contributed by atoms with E-state index in [0.717, 1.165) is 0 Å². The summed E-state index contributed by atoms with van der Waals surface area (Å²) in [6.07, 6.45) is -11.5. The smallest absolute Gasteiger partial charge is 0.406 e. The van der Waals surface area contributed by atoms with Crippen molar-refractivity contribution >= 4 is 0 Å². The first-order chi connectivity index (χ1) is 9.39. The zero-order valence-corrected chi connectivity index (χ0v) is 10.9. The van der Waals surface area contributed by atoms with E-state index in [1.165, 1.54) is 13.8 Å². The summed E-state index contributed by atoms with van der Waals surface area (Å²) in [5.74, 6) is -2.06. The summed E-state index contributed by atoms with van der Waals surface area (Å²) in [5.41, 5.74) is -0.441. The second-order valence-corrected chi connectivity index (χ2v) is 4.48. The highest BCUT2D eigenvalue weighted by molar-refractivity contribution is 5.42. The lowest BCUT2D eigenvalue weighted by atomic mass is 9.98. The van der Waals surface area contributed by atoms with Crippen LogP contribution in [0.3, 0.4) is 0 Å². The van der Waals surface area contributed by atoms with Crippen molar-refractivity contribution in [2.45, 2.75) is 32.7 Å². The van der Waals surface area contributed by atoms with Crippen LogP contribution in [0.5, 0.6) is 11.5 Å². The fourth-order valence-corrected chi connectivity index (χ4v) is 1.53. The number of halogens is 6. The summed E-state index contributed by atoms with van der Waals surface area (Å²) in [6, 6.07) is 2.00. The highest BCUT2D eigenvalue weighted by Gasteiger charge is 2.35. The third-order valence-corrected chi connectivity index (χ3v) is 2.39. The van der Waals surface area contributed by atoms with Crippen LogP contribution >= 0.6 is 0 Å². The van der Waals surface area contributed by atoms with Crippen LogP contribution in [0, 0.1) is 5.92 Å². The molecule has 1 N–H and O–H groups in total. The van der Waals surface area contributed by atoms with Gasteiger partial charge in [0.25, 0.3) is 0 Å². The van der Waals surface area contributed by atoms with Crippen molar-refractivity contribution in [1.82, 2.24) is 0 Å². The molecule has 120 valence electrons. The molecule has 0 spiro atoms. The molecule has 0 aliphatic carbocycles. The van der Waals surface area contributed by atoms with E-state index in [1.807, 2.05) is 0 Å². The second-order valence-electron chi connectivity index (χ2n) is 4.48. The maximum atomic E-state index is 12.2. The highest BCUT2D eigenvalue weighted by atomic mass is 19.4. The standard InChI is InChI=1S/C12H12F6O3/c1-6(2)10(19)8-5-7(20-11(13,14)15)3-4-9(8)21-12(16,17)18/h3-6,10,19H,1-2H3. The summed E-state index contributed by atoms with van der Waals surface area (Å²) in [6.45, 7) is 2.97. The highest BCUT2D eigenvalue weighted by Crippen LogP contribution is 2.37. The number of alkyl halides is 6. The molecule has 0 fully saturated rings. The molecule has 0 aliphatic heterocycles. The van der Waals surface area contributed by atoms with Gasteiger partial charge in [-0.05, 0) is 24.1 Å². The Bertz CT molecular complexity index is 481. The van der Waals surface area contributed by atoms with Gasteiger partial charge in [-0.3, -0.25) is 0 Å². The molecule has 0 heterocycles. The number of hydrogen-bond donors (Lipinski definition) is 1. The van der Waals surface area contributed by atoms with E-state index in [4.69, 9.17) is 0 Å². The Morgan fingerprint density at radius 3 is 1.90 bits per heavy atom. The van der Waals surface area contributed by atoms with Gasteiger partial charge in [-0.15, -0.1) is 26.3 Å². The molecule has 1 unspecified atom stereocenters. The summed E-state index contributed by atoms with van der Waals surface area (Å²) >= 11 is 0. The molecule has 21 heavy (non-hydrogen) atoms. The van der Waals surface area contributed by atoms with Crippen LogP contribution in [-0.2, 0) is 0 Å². The average molecular weight is 318 g/mol. The molecule has 0 bridgehead atoms. The Kier molecular flexibility index (Phi) is 4.98. The number of benzene rings is 1. The first-order valence-electron chi connectivity index (χ1n) is 5.72. The third kappa shape index (κ3) is 5.70. The Morgan fingerprint density at radius 1 is 0.952 bits per heavy atom. The zero-order valence-electron chi connectivity index (χ0n) is 10.9. The van der Waals surface area contributed by atoms with Gasteiger partial charge in [0.05, 0.1) is 6.10 Å². The van der Waals surface area contributed by atoms with Gasteiger partial charge < -0.3 is 14.6 Å². The summed E-state index contributed by atoms with van der Waals surface area (Å²) < 4.78 is 80.4. The minimum Gasteiger partial charge on any atom is -0.406 e. The van der Waals surface area contributed by atoms with Gasteiger partial charge in [0.1, 0.15) is 11.5 Å². The Hall–Kier alpha value is -1.64. The van der Waals surface area contributed by atoms with Crippen LogP contribution in [0.4, 0.5) is 26.3 Å². The number of aliphatic hydroxyl groups is 1. The minimum absolute atomic E-state index is 0.441. The first-order valence-corrected chi connectivity index (χ1v) is 5.72. The van der Waals surface area contributed by atoms with E-state index < -0.39 is 41.8 Å². The van der Waals surface area contributed by atoms with Crippen molar-refractivity contribution in [3.63, 3.8) is 0 Å². The lowest BCUT2D eigenvalue weighted by molar-refractivity contribution is -0.277. The van der Waals surface area contributed by atoms with Crippen LogP contribution in [0.1, 0.15) is 25.5 Å². The molecule has 1 rings (SSSR count). The fraction of sp³-hybridized carbons (Fsp3) is 0.500. The molecule has 0 aliphatic rings. The monoisotopic (exact) mass is 318 g/mol. The van der Waals surface area contributed by atoms with Crippen molar-refractivity contribution in [1.29, 1.82) is 0 Å². The third-order valence-electron chi connectivity index (χ3n) is 2.39. The number of rotatable bonds is 4. The molecular formula is C12H12F6O3. The molecule has 1 atom stereocenters. The van der Waals surface area contributed by atoms with E-state index in [2.05, 4.69) is 9.47 Å². The maximum absolute atomic E-state index is 12.2. The second kappa shape index (κ2) is 6.00. The largest absolute Gasteiger partial charge is 0.573 e. The van der Waals surface area contributed by atoms with E-state index in [1.54, 1.807) is 0 Å². The van der Waals surface area contributed by atoms with Gasteiger partial charge in [0, 0.05) is 5.56 Å². The average Bonchev–Trinajstić information content (AvgIpc) is 2.26. The predicted molar refractivity (Wildman–Crippen MR) is 59.6 cm³/mol. The Labute approximate surface area is 116 Å². The molecule has 0 saturated heterocycles. The molecular weight excluding hydrogens is 306 g/mol. The number of hydrogen-bond acceptors (Lipinski definition) is 3. The van der Waals surface area contributed by atoms with Crippen LogP contribution in [-0.4, -0.2) is 17.8 Å². The van der Waals surface area contributed by atoms with E-state index in [0.29, 0.717) is 18.2 Å². The summed E-state index contributed by atoms with van der Waals surface area (Å²) in [7, 11) is 0. The lowest BCUT2D eigenvalue weighted by Crippen LogP contribution is -2.20. The molecule has 0 amide bonds. The number of aliphatic hydroxyl groups excluding tert-OH is 1. The van der Waals surface area contributed by atoms with Gasteiger partial charge >= 0.3 is 12.7 Å². The van der Waals surface area contributed by atoms with Gasteiger partial charge in [0.15, 0.2) is 0 Å². The molecule has 1 aromatic carbocycles. The number of ether oxygens (including phenoxy) is 2. The topological polar surface area (TPSA) is 38.7 Å². The van der Waals surface area contributed by atoms with Crippen LogP contribution in [0.2, 0.25) is 0 Å². The van der Waals surface area contributed by atoms with E-state index >= 15 is 0 Å². The van der Waals surface area contributed by atoms with Crippen molar-refractivity contribution in [2.75, 3.05) is 0 Å². The summed E-state index contributed by atoms with van der Waals surface area (Å²) in [5, 5.41) is 9.81. The molecule has 0 saturated carbocycles. The van der Waals surface area contributed by atoms with E-state index in [-0.39, 0.29) is 0 Å². The molecule has 9 heteroatoms. The fourth-order valence-electron chi connectivity index (χ4n) is 1.53. The molecule has 0 aromatic heterocycles. The molecule has 1 aromatic rings. The SMILES string of the molecule is CC(C)C(O)c1cc(OC(F)(F)F)ccc1OC(F)(F)F. The van der Waals surface area contributed by atoms with Gasteiger partial charge in [-0.25, -0.2) is 0 Å². The van der Waals surface area contributed by atoms with Crippen molar-refractivity contribution in [2.24, 2.45) is 5.92 Å². The normalized spacial score (nSPS) is 14.2. The Morgan fingerprint density at radius 2 is 1.48 bits per heavy atom. The Balaban J connectivity index is 3.20. The van der Waals surface area contributed by atoms with Gasteiger partial charge in [0.2, 0.25) is 0 Å². The van der Waals surface area contributed by atoms with Crippen LogP contribution in [0.25, 0.3) is 0 Å². The van der Waals surface area contributed by atoms with Crippen LogP contribution in [0.15, 0.2) is 18.2 Å². The minimum atomic E-state index is -5.03. The van der Waals surface area contributed by atoms with Crippen molar-refractivity contribution < 1.29 is 40.9 Å². The zero-order chi connectivity index (χ0) is 16.4. The van der Waals surface area contributed by atoms with Crippen molar-refractivity contribution in [3.8, 4) is 11.5 Å². The van der Waals surface area contributed by atoms with E-state index in [9.17, 15) is 31.4 Å². The first kappa shape index (κ1) is 17.4. The van der Waals surface area contributed by atoms with Gasteiger partial charge in [-0.1, -0.05) is 13.8 Å². The lowest BCUT2D eigenvalue weighted by Gasteiger charge is -2.21. The van der Waals surface area contributed by atoms with Crippen molar-refractivity contribution in [3.05, 3.63) is 23.8 Å². The van der Waals surface area contributed by atoms with Crippen LogP contribution < -0.4 is 9.47 Å². The predicted octanol–water partition coefficient (Wildman–Crippen LogP) is 4.17. The summed E-state index contributed by atoms with van der Waals surface area (Å²) in [4.78, 5) is 0. The van der Waals surface area contributed by atoms with Gasteiger partial charge in [-0.2, -0.15) is 0 Å². The maximum Gasteiger partial charge on any atom is 0.573 e. The quantitative estimate of drug-likeness (QED) is 0.847. The molecule has 0 radical (unpaired) electrons.